The summed E-state index contributed by atoms with van der Waals surface area (Å²) in [5.74, 6) is 2.04. The van der Waals surface area contributed by atoms with Crippen LogP contribution in [0, 0.1) is 13.8 Å². The molecule has 29 heavy (non-hydrogen) atoms. The molecular formula is C23H20N4O2. The van der Waals surface area contributed by atoms with Crippen LogP contribution < -0.4 is 4.74 Å². The first-order chi connectivity index (χ1) is 14.1. The molecule has 0 aliphatic heterocycles. The molecule has 2 heterocycles. The molecule has 0 radical (unpaired) electrons. The van der Waals surface area contributed by atoms with Crippen LogP contribution in [0.1, 0.15) is 35.4 Å². The van der Waals surface area contributed by atoms with Crippen LogP contribution >= 0.6 is 0 Å². The highest BCUT2D eigenvalue weighted by Crippen LogP contribution is 2.53. The smallest absolute Gasteiger partial charge is 0.278 e. The summed E-state index contributed by atoms with van der Waals surface area (Å²) < 4.78 is 10.9. The van der Waals surface area contributed by atoms with E-state index < -0.39 is 0 Å². The predicted molar refractivity (Wildman–Crippen MR) is 108 cm³/mol. The summed E-state index contributed by atoms with van der Waals surface area (Å²) in [7, 11) is 0. The lowest BCUT2D eigenvalue weighted by Gasteiger charge is -2.17. The summed E-state index contributed by atoms with van der Waals surface area (Å²) in [6.45, 7) is 3.88. The monoisotopic (exact) mass is 384 g/mol. The van der Waals surface area contributed by atoms with Crippen LogP contribution in [0.3, 0.4) is 0 Å². The van der Waals surface area contributed by atoms with Crippen LogP contribution in [0.2, 0.25) is 0 Å². The van der Waals surface area contributed by atoms with Gasteiger partial charge < -0.3 is 9.26 Å². The summed E-state index contributed by atoms with van der Waals surface area (Å²) in [5.41, 5.74) is 4.66. The van der Waals surface area contributed by atoms with Crippen molar-refractivity contribution in [3.05, 3.63) is 83.4 Å². The van der Waals surface area contributed by atoms with Crippen molar-refractivity contribution in [3.8, 4) is 23.2 Å². The zero-order valence-electron chi connectivity index (χ0n) is 16.3. The number of hydrogen-bond donors (Lipinski definition) is 0. The molecule has 0 unspecified atom stereocenters. The third-order valence-electron chi connectivity index (χ3n) is 5.36. The van der Waals surface area contributed by atoms with E-state index in [-0.39, 0.29) is 5.41 Å². The molecule has 1 aliphatic rings. The summed E-state index contributed by atoms with van der Waals surface area (Å²) in [5, 5.41) is 3.76. The van der Waals surface area contributed by atoms with E-state index in [1.54, 1.807) is 19.3 Å². The zero-order chi connectivity index (χ0) is 19.8. The fourth-order valence-electron chi connectivity index (χ4n) is 3.58. The molecule has 1 aliphatic carbocycles. The third kappa shape index (κ3) is 3.38. The van der Waals surface area contributed by atoms with Crippen LogP contribution in [-0.4, -0.2) is 20.1 Å². The highest BCUT2D eigenvalue weighted by atomic mass is 16.5. The first-order valence-corrected chi connectivity index (χ1v) is 9.61. The van der Waals surface area contributed by atoms with Crippen molar-refractivity contribution in [1.82, 2.24) is 20.1 Å². The van der Waals surface area contributed by atoms with E-state index in [0.717, 1.165) is 5.75 Å². The maximum absolute atomic E-state index is 5.84. The number of hydrogen-bond acceptors (Lipinski definition) is 6. The Labute approximate surface area is 168 Å². The van der Waals surface area contributed by atoms with E-state index in [1.807, 2.05) is 12.1 Å². The molecule has 0 saturated heterocycles. The molecule has 0 amide bonds. The van der Waals surface area contributed by atoms with Crippen molar-refractivity contribution in [2.45, 2.75) is 32.1 Å². The maximum Gasteiger partial charge on any atom is 0.278 e. The maximum atomic E-state index is 5.84. The lowest BCUT2D eigenvalue weighted by molar-refractivity contribution is 0.423. The van der Waals surface area contributed by atoms with E-state index in [4.69, 9.17) is 9.26 Å². The van der Waals surface area contributed by atoms with Crippen LogP contribution in [0.4, 0.5) is 0 Å². The Bertz CT molecular complexity index is 1130. The Balaban J connectivity index is 1.31. The van der Waals surface area contributed by atoms with Gasteiger partial charge in [-0.3, -0.25) is 0 Å². The molecular weight excluding hydrogens is 364 g/mol. The van der Waals surface area contributed by atoms with Crippen molar-refractivity contribution in [2.75, 3.05) is 0 Å². The molecule has 6 heteroatoms. The molecule has 1 fully saturated rings. The number of aryl methyl sites for hydroxylation is 2. The summed E-state index contributed by atoms with van der Waals surface area (Å²) >= 11 is 0. The second kappa shape index (κ2) is 6.81. The number of rotatable bonds is 5. The van der Waals surface area contributed by atoms with Gasteiger partial charge in [-0.2, -0.15) is 4.98 Å². The van der Waals surface area contributed by atoms with Gasteiger partial charge in [0, 0.05) is 5.41 Å². The van der Waals surface area contributed by atoms with Crippen LogP contribution in [0.15, 0.2) is 65.4 Å². The van der Waals surface area contributed by atoms with E-state index in [1.165, 1.54) is 29.5 Å². The minimum atomic E-state index is 0.149. The summed E-state index contributed by atoms with van der Waals surface area (Å²) in [6, 6.07) is 17.1. The van der Waals surface area contributed by atoms with E-state index in [2.05, 4.69) is 63.4 Å². The van der Waals surface area contributed by atoms with E-state index in [9.17, 15) is 0 Å². The molecule has 0 N–H and O–H groups in total. The molecule has 6 nitrogen and oxygen atoms in total. The molecule has 2 aromatic heterocycles. The normalized spacial score (nSPS) is 14.6. The first kappa shape index (κ1) is 17.6. The van der Waals surface area contributed by atoms with Crippen molar-refractivity contribution in [3.63, 3.8) is 0 Å². The largest absolute Gasteiger partial charge is 0.438 e. The number of ether oxygens (including phenoxy) is 1. The minimum Gasteiger partial charge on any atom is -0.438 e. The van der Waals surface area contributed by atoms with Crippen molar-refractivity contribution >= 4 is 0 Å². The van der Waals surface area contributed by atoms with Gasteiger partial charge in [0.2, 0.25) is 5.88 Å². The van der Waals surface area contributed by atoms with Gasteiger partial charge in [0.05, 0.1) is 12.4 Å². The second-order valence-corrected chi connectivity index (χ2v) is 7.46. The van der Waals surface area contributed by atoms with Crippen LogP contribution in [0.25, 0.3) is 11.6 Å². The number of nitrogens with zero attached hydrogens (tertiary/aromatic N) is 4. The van der Waals surface area contributed by atoms with Gasteiger partial charge in [0.15, 0.2) is 5.82 Å². The third-order valence-corrected chi connectivity index (χ3v) is 5.36. The van der Waals surface area contributed by atoms with Gasteiger partial charge in [-0.15, -0.1) is 0 Å². The highest BCUT2D eigenvalue weighted by molar-refractivity contribution is 5.48. The van der Waals surface area contributed by atoms with Crippen LogP contribution in [-0.2, 0) is 5.41 Å². The van der Waals surface area contributed by atoms with Gasteiger partial charge in [-0.1, -0.05) is 47.1 Å². The summed E-state index contributed by atoms with van der Waals surface area (Å²) in [6.07, 6.45) is 5.47. The molecule has 0 spiro atoms. The quantitative estimate of drug-likeness (QED) is 0.481. The van der Waals surface area contributed by atoms with Gasteiger partial charge in [-0.25, -0.2) is 9.97 Å². The zero-order valence-corrected chi connectivity index (χ0v) is 16.3. The minimum absolute atomic E-state index is 0.149. The fraction of sp³-hybridized carbons (Fsp3) is 0.217. The fourth-order valence-corrected chi connectivity index (χ4v) is 3.58. The number of aromatic nitrogens is 4. The average Bonchev–Trinajstić information content (AvgIpc) is 3.44. The topological polar surface area (TPSA) is 73.9 Å². The molecule has 0 atom stereocenters. The van der Waals surface area contributed by atoms with Gasteiger partial charge in [0.25, 0.3) is 5.89 Å². The Morgan fingerprint density at radius 1 is 0.862 bits per heavy atom. The first-order valence-electron chi connectivity index (χ1n) is 9.61. The second-order valence-electron chi connectivity index (χ2n) is 7.46. The van der Waals surface area contributed by atoms with Gasteiger partial charge >= 0.3 is 0 Å². The molecule has 5 rings (SSSR count). The van der Waals surface area contributed by atoms with Crippen molar-refractivity contribution in [2.24, 2.45) is 0 Å². The lowest BCUT2D eigenvalue weighted by Crippen LogP contribution is -2.08. The highest BCUT2D eigenvalue weighted by Gasteiger charge is 2.45. The predicted octanol–water partition coefficient (Wildman–Crippen LogP) is 5.02. The van der Waals surface area contributed by atoms with Gasteiger partial charge in [-0.05, 0) is 49.9 Å². The lowest BCUT2D eigenvalue weighted by atomic mass is 9.88. The Morgan fingerprint density at radius 3 is 2.10 bits per heavy atom. The Kier molecular flexibility index (Phi) is 4.12. The standard InChI is InChI=1S/C23H20N4O2/c1-15-3-5-17(6-4-15)23(11-12-23)18-7-9-19(10-8-18)28-21-14-24-20(13-25-21)22-26-16(2)27-29-22/h3-10,13-14H,11-12H2,1-2H3. The number of benzene rings is 2. The molecule has 2 aromatic carbocycles. The van der Waals surface area contributed by atoms with E-state index >= 15 is 0 Å². The molecule has 0 bridgehead atoms. The molecule has 144 valence electrons. The summed E-state index contributed by atoms with van der Waals surface area (Å²) in [4.78, 5) is 12.7. The molecule has 4 aromatic rings. The van der Waals surface area contributed by atoms with E-state index in [0.29, 0.717) is 23.3 Å². The Hall–Kier alpha value is -3.54. The average molecular weight is 384 g/mol. The van der Waals surface area contributed by atoms with Crippen LogP contribution in [0.5, 0.6) is 11.6 Å². The Morgan fingerprint density at radius 2 is 1.55 bits per heavy atom. The SMILES string of the molecule is Cc1ccc(C2(c3ccc(Oc4cnc(-c5nc(C)no5)cn4)cc3)CC2)cc1. The van der Waals surface area contributed by atoms with Crippen molar-refractivity contribution < 1.29 is 9.26 Å². The molecule has 1 saturated carbocycles. The van der Waals surface area contributed by atoms with Gasteiger partial charge in [0.1, 0.15) is 11.4 Å². The van der Waals surface area contributed by atoms with Crippen molar-refractivity contribution in [1.29, 1.82) is 0 Å².